The van der Waals surface area contributed by atoms with Gasteiger partial charge in [-0.3, -0.25) is 9.59 Å². The van der Waals surface area contributed by atoms with Gasteiger partial charge in [0.05, 0.1) is 25.2 Å². The molecule has 0 bridgehead atoms. The van der Waals surface area contributed by atoms with Gasteiger partial charge in [0.2, 0.25) is 0 Å². The van der Waals surface area contributed by atoms with Crippen molar-refractivity contribution in [3.8, 4) is 0 Å². The summed E-state index contributed by atoms with van der Waals surface area (Å²) in [4.78, 5) is 38.9. The van der Waals surface area contributed by atoms with Crippen LogP contribution in [0.4, 0.5) is 0 Å². The van der Waals surface area contributed by atoms with Crippen LogP contribution in [0.15, 0.2) is 71.1 Å². The van der Waals surface area contributed by atoms with Crippen LogP contribution in [-0.2, 0) is 33.3 Å². The summed E-state index contributed by atoms with van der Waals surface area (Å²) < 4.78 is 31.2. The van der Waals surface area contributed by atoms with Gasteiger partial charge < -0.3 is 23.4 Å². The van der Waals surface area contributed by atoms with E-state index in [9.17, 15) is 14.4 Å². The minimum atomic E-state index is -0.629. The number of esters is 3. The number of rotatable bonds is 6. The number of carbonyl (C=O) groups excluding carboxylic acids is 3. The third kappa shape index (κ3) is 4.68. The number of hydrogen-bond acceptors (Lipinski definition) is 8. The van der Waals surface area contributed by atoms with Gasteiger partial charge in [-0.05, 0) is 59.8 Å². The molecule has 0 amide bonds. The molecule has 47 heavy (non-hydrogen) atoms. The largest absolute Gasteiger partial charge is 0.472 e. The number of ether oxygens (including phenoxy) is 4. The first-order chi connectivity index (χ1) is 22.3. The zero-order chi connectivity index (χ0) is 33.4. The van der Waals surface area contributed by atoms with Crippen molar-refractivity contribution in [1.29, 1.82) is 0 Å². The molecule has 1 aromatic carbocycles. The summed E-state index contributed by atoms with van der Waals surface area (Å²) in [7, 11) is 0. The van der Waals surface area contributed by atoms with E-state index in [1.54, 1.807) is 12.3 Å². The molecular weight excluding hydrogens is 596 g/mol. The number of allylic oxidation sites excluding steroid dienone is 1. The molecule has 8 nitrogen and oxygen atoms in total. The normalized spacial score (nSPS) is 41.7. The van der Waals surface area contributed by atoms with Gasteiger partial charge in [-0.15, -0.1) is 0 Å². The number of furan rings is 1. The van der Waals surface area contributed by atoms with Crippen molar-refractivity contribution in [3.05, 3.63) is 77.8 Å². The first-order valence-corrected chi connectivity index (χ1v) is 17.0. The van der Waals surface area contributed by atoms with Gasteiger partial charge >= 0.3 is 17.9 Å². The molecule has 8 heteroatoms. The summed E-state index contributed by atoms with van der Waals surface area (Å²) in [6, 6.07) is 11.7. The SMILES string of the molecule is CC(=O)OC1CC(OC(C)=O)[C@@]2(C)C3C(OC[C@]13C)C(OC(=O)/C=C/c1ccccc1)[C@@]1(C)C3=CCC(c4ccoc4)C3(C)CCC12. The number of hydrogen-bond donors (Lipinski definition) is 0. The van der Waals surface area contributed by atoms with Crippen molar-refractivity contribution < 1.29 is 37.7 Å². The molecule has 4 fully saturated rings. The molecular formula is C39H46O8. The second kappa shape index (κ2) is 11.2. The summed E-state index contributed by atoms with van der Waals surface area (Å²) in [6.45, 7) is 12.2. The highest BCUT2D eigenvalue weighted by Crippen LogP contribution is 2.76. The molecule has 2 aromatic rings. The molecule has 0 N–H and O–H groups in total. The van der Waals surface area contributed by atoms with Crippen molar-refractivity contribution in [1.82, 2.24) is 0 Å². The van der Waals surface area contributed by atoms with Gasteiger partial charge in [-0.2, -0.15) is 0 Å². The van der Waals surface area contributed by atoms with E-state index in [0.29, 0.717) is 13.0 Å². The van der Waals surface area contributed by atoms with Crippen LogP contribution in [0, 0.1) is 33.5 Å². The van der Waals surface area contributed by atoms with E-state index >= 15 is 0 Å². The molecule has 7 rings (SSSR count). The second-order valence-corrected chi connectivity index (χ2v) is 15.4. The van der Waals surface area contributed by atoms with Crippen LogP contribution in [0.1, 0.15) is 84.3 Å². The van der Waals surface area contributed by atoms with Gasteiger partial charge in [-0.25, -0.2) is 4.79 Å². The summed E-state index contributed by atoms with van der Waals surface area (Å²) in [5.74, 6) is -1.16. The van der Waals surface area contributed by atoms with Gasteiger partial charge in [-0.1, -0.05) is 69.7 Å². The van der Waals surface area contributed by atoms with E-state index in [0.717, 1.165) is 24.8 Å². The van der Waals surface area contributed by atoms with Crippen LogP contribution in [0.25, 0.3) is 6.08 Å². The fourth-order valence-corrected chi connectivity index (χ4v) is 11.3. The Bertz CT molecular complexity index is 1610. The molecule has 250 valence electrons. The van der Waals surface area contributed by atoms with E-state index < -0.39 is 46.6 Å². The molecule has 5 aliphatic rings. The summed E-state index contributed by atoms with van der Waals surface area (Å²) in [5, 5.41) is 0. The van der Waals surface area contributed by atoms with E-state index in [1.165, 1.54) is 31.1 Å². The Hall–Kier alpha value is -3.65. The quantitative estimate of drug-likeness (QED) is 0.143. The smallest absolute Gasteiger partial charge is 0.331 e. The highest BCUT2D eigenvalue weighted by Gasteiger charge is 2.78. The lowest BCUT2D eigenvalue weighted by molar-refractivity contribution is -0.265. The van der Waals surface area contributed by atoms with E-state index in [1.807, 2.05) is 36.6 Å². The maximum Gasteiger partial charge on any atom is 0.331 e. The van der Waals surface area contributed by atoms with Crippen LogP contribution in [-0.4, -0.2) is 48.9 Å². The fraction of sp³-hybridized carbons (Fsp3) is 0.564. The van der Waals surface area contributed by atoms with E-state index in [2.05, 4.69) is 39.8 Å². The molecule has 4 aliphatic carbocycles. The van der Waals surface area contributed by atoms with E-state index in [4.69, 9.17) is 23.4 Å². The molecule has 0 radical (unpaired) electrons. The number of benzene rings is 1. The van der Waals surface area contributed by atoms with Crippen LogP contribution in [0.3, 0.4) is 0 Å². The number of carbonyl (C=O) groups is 3. The molecule has 1 aliphatic heterocycles. The fourth-order valence-electron chi connectivity index (χ4n) is 11.3. The molecule has 11 atom stereocenters. The molecule has 3 saturated carbocycles. The zero-order valence-electron chi connectivity index (χ0n) is 28.2. The van der Waals surface area contributed by atoms with Crippen molar-refractivity contribution in [2.75, 3.05) is 6.61 Å². The topological polar surface area (TPSA) is 101 Å². The predicted octanol–water partition coefficient (Wildman–Crippen LogP) is 7.05. The highest BCUT2D eigenvalue weighted by molar-refractivity contribution is 5.87. The minimum Gasteiger partial charge on any atom is -0.472 e. The van der Waals surface area contributed by atoms with Crippen LogP contribution >= 0.6 is 0 Å². The Morgan fingerprint density at radius 1 is 0.936 bits per heavy atom. The molecule has 1 aromatic heterocycles. The minimum absolute atomic E-state index is 0.0155. The molecule has 1 saturated heterocycles. The first-order valence-electron chi connectivity index (χ1n) is 17.0. The summed E-state index contributed by atoms with van der Waals surface area (Å²) >= 11 is 0. The van der Waals surface area contributed by atoms with Gasteiger partial charge in [0.25, 0.3) is 0 Å². The van der Waals surface area contributed by atoms with Gasteiger partial charge in [0.1, 0.15) is 18.3 Å². The zero-order valence-corrected chi connectivity index (χ0v) is 28.2. The maximum absolute atomic E-state index is 13.8. The highest BCUT2D eigenvalue weighted by atomic mass is 16.6. The molecule has 0 spiro atoms. The average Bonchev–Trinajstić information content (AvgIpc) is 3.75. The van der Waals surface area contributed by atoms with Gasteiger partial charge in [0, 0.05) is 48.5 Å². The maximum atomic E-state index is 13.8. The first kappa shape index (κ1) is 31.9. The molecule has 2 heterocycles. The van der Waals surface area contributed by atoms with Crippen molar-refractivity contribution >= 4 is 24.0 Å². The lowest BCUT2D eigenvalue weighted by Crippen LogP contribution is -2.73. The van der Waals surface area contributed by atoms with Gasteiger partial charge in [0.15, 0.2) is 0 Å². The predicted molar refractivity (Wildman–Crippen MR) is 174 cm³/mol. The van der Waals surface area contributed by atoms with Crippen LogP contribution in [0.2, 0.25) is 0 Å². The Morgan fingerprint density at radius 2 is 1.66 bits per heavy atom. The van der Waals surface area contributed by atoms with Crippen molar-refractivity contribution in [3.63, 3.8) is 0 Å². The number of fused-ring (bicyclic) bond motifs is 4. The standard InChI is InChI=1S/C39H46O8/c1-23(40)45-30-20-31(46-24(2)41)39(6)29-16-18-36(3)27(26-17-19-43-21-26)13-14-28(36)38(29,5)35(33-34(39)37(30,4)22-44-33)47-32(42)15-12-25-10-8-7-9-11-25/h7-12,14-15,17,19,21,27,29-31,33-35H,13,16,18,20,22H2,1-6H3/b15-12+/t27?,29?,30?,31?,33?,34?,35?,36?,37-,38+,39+/m1/s1. The Morgan fingerprint density at radius 3 is 2.34 bits per heavy atom. The Labute approximate surface area is 276 Å². The third-order valence-electron chi connectivity index (χ3n) is 13.0. The lowest BCUT2D eigenvalue weighted by Gasteiger charge is -2.69. The van der Waals surface area contributed by atoms with Crippen molar-refractivity contribution in [2.24, 2.45) is 33.5 Å². The van der Waals surface area contributed by atoms with E-state index in [-0.39, 0.29) is 35.1 Å². The summed E-state index contributed by atoms with van der Waals surface area (Å²) in [5.41, 5.74) is 1.40. The third-order valence-corrected chi connectivity index (χ3v) is 13.0. The second-order valence-electron chi connectivity index (χ2n) is 15.4. The Balaban J connectivity index is 1.36. The Kier molecular flexibility index (Phi) is 7.62. The van der Waals surface area contributed by atoms with Crippen LogP contribution < -0.4 is 0 Å². The van der Waals surface area contributed by atoms with Crippen LogP contribution in [0.5, 0.6) is 0 Å². The average molecular weight is 643 g/mol. The monoisotopic (exact) mass is 642 g/mol. The van der Waals surface area contributed by atoms with Crippen molar-refractivity contribution in [2.45, 2.75) is 97.6 Å². The lowest BCUT2D eigenvalue weighted by atomic mass is 9.36. The summed E-state index contributed by atoms with van der Waals surface area (Å²) in [6.07, 6.45) is 10.1. The molecule has 8 unspecified atom stereocenters.